The summed E-state index contributed by atoms with van der Waals surface area (Å²) in [6.45, 7) is 10.3. The first-order chi connectivity index (χ1) is 16.9. The maximum atomic E-state index is 13.6. The van der Waals surface area contributed by atoms with Crippen molar-refractivity contribution in [3.8, 4) is 0 Å². The Morgan fingerprint density at radius 3 is 2.43 bits per heavy atom. The maximum absolute atomic E-state index is 13.6. The number of carbonyl (C=O) groups excluding carboxylic acids is 3. The van der Waals surface area contributed by atoms with E-state index >= 15 is 0 Å². The van der Waals surface area contributed by atoms with Crippen LogP contribution in [0.1, 0.15) is 71.8 Å². The van der Waals surface area contributed by atoms with E-state index in [1.165, 1.54) is 19.3 Å². The normalized spacial score (nSPS) is 21.8. The third kappa shape index (κ3) is 6.34. The van der Waals surface area contributed by atoms with Gasteiger partial charge >= 0.3 is 6.03 Å². The summed E-state index contributed by atoms with van der Waals surface area (Å²) in [6.07, 6.45) is 5.86. The molecule has 2 saturated heterocycles. The van der Waals surface area contributed by atoms with Crippen LogP contribution in [0.15, 0.2) is 30.3 Å². The average Bonchev–Trinajstić information content (AvgIpc) is 2.87. The number of nitrogens with one attached hydrogen (secondary N) is 1. The van der Waals surface area contributed by atoms with E-state index in [0.717, 1.165) is 24.8 Å². The molecule has 35 heavy (non-hydrogen) atoms. The van der Waals surface area contributed by atoms with Gasteiger partial charge < -0.3 is 15.1 Å². The van der Waals surface area contributed by atoms with Crippen LogP contribution in [0.5, 0.6) is 0 Å². The summed E-state index contributed by atoms with van der Waals surface area (Å²) in [6, 6.07) is 9.02. The fraction of sp³-hybridized carbons (Fsp3) is 0.667. The number of nitrogens with zero attached hydrogens (tertiary/aromatic N) is 4. The van der Waals surface area contributed by atoms with E-state index in [0.29, 0.717) is 26.2 Å². The van der Waals surface area contributed by atoms with E-state index < -0.39 is 12.2 Å². The zero-order chi connectivity index (χ0) is 25.4. The van der Waals surface area contributed by atoms with Crippen molar-refractivity contribution in [1.82, 2.24) is 25.1 Å². The number of unbranched alkanes of at least 4 members (excludes halogenated alkanes) is 4. The number of hydrogen-bond acceptors (Lipinski definition) is 4. The number of piperazine rings is 1. The highest BCUT2D eigenvalue weighted by atomic mass is 16.2. The van der Waals surface area contributed by atoms with E-state index in [1.54, 1.807) is 9.91 Å². The summed E-state index contributed by atoms with van der Waals surface area (Å²) in [4.78, 5) is 44.0. The van der Waals surface area contributed by atoms with Crippen LogP contribution in [0, 0.1) is 5.92 Å². The second-order valence-electron chi connectivity index (χ2n) is 9.78. The molecule has 194 valence electrons. The van der Waals surface area contributed by atoms with Gasteiger partial charge in [-0.15, -0.1) is 0 Å². The topological polar surface area (TPSA) is 76.2 Å². The number of benzene rings is 1. The zero-order valence-electron chi connectivity index (χ0n) is 21.9. The van der Waals surface area contributed by atoms with Gasteiger partial charge in [-0.25, -0.2) is 14.8 Å². The van der Waals surface area contributed by atoms with E-state index in [4.69, 9.17) is 0 Å². The smallest absolute Gasteiger partial charge is 0.334 e. The minimum Gasteiger partial charge on any atom is -0.337 e. The number of fused-ring (bicyclic) bond motifs is 1. The van der Waals surface area contributed by atoms with Crippen LogP contribution in [0.4, 0.5) is 4.79 Å². The molecule has 3 rings (SSSR count). The molecule has 3 atom stereocenters. The molecule has 8 nitrogen and oxygen atoms in total. The molecule has 1 aromatic rings. The summed E-state index contributed by atoms with van der Waals surface area (Å²) in [5.74, 6) is -0.0431. The molecule has 0 aliphatic carbocycles. The average molecular weight is 486 g/mol. The molecule has 0 spiro atoms. The quantitative estimate of drug-likeness (QED) is 0.484. The Labute approximate surface area is 210 Å². The summed E-state index contributed by atoms with van der Waals surface area (Å²) >= 11 is 0. The van der Waals surface area contributed by atoms with Gasteiger partial charge in [0.05, 0.1) is 13.1 Å². The molecule has 2 fully saturated rings. The molecule has 0 saturated carbocycles. The largest absolute Gasteiger partial charge is 0.337 e. The van der Waals surface area contributed by atoms with Gasteiger partial charge in [-0.05, 0) is 17.9 Å². The second-order valence-corrected chi connectivity index (χ2v) is 9.78. The minimum absolute atomic E-state index is 0.0132. The number of amides is 4. The summed E-state index contributed by atoms with van der Waals surface area (Å²) in [5.41, 5.74) is 1.01. The van der Waals surface area contributed by atoms with Crippen molar-refractivity contribution in [2.45, 2.75) is 85.0 Å². The molecular weight excluding hydrogens is 442 g/mol. The van der Waals surface area contributed by atoms with Crippen molar-refractivity contribution in [3.63, 3.8) is 0 Å². The van der Waals surface area contributed by atoms with Crippen molar-refractivity contribution in [2.24, 2.45) is 5.92 Å². The van der Waals surface area contributed by atoms with Crippen molar-refractivity contribution in [3.05, 3.63) is 35.9 Å². The fourth-order valence-electron chi connectivity index (χ4n) is 5.12. The van der Waals surface area contributed by atoms with Gasteiger partial charge in [-0.1, -0.05) is 90.1 Å². The molecule has 1 unspecified atom stereocenters. The third-order valence-corrected chi connectivity index (χ3v) is 7.34. The van der Waals surface area contributed by atoms with Crippen molar-refractivity contribution in [2.75, 3.05) is 26.2 Å². The monoisotopic (exact) mass is 485 g/mol. The van der Waals surface area contributed by atoms with Gasteiger partial charge in [0.1, 0.15) is 12.2 Å². The number of rotatable bonds is 11. The lowest BCUT2D eigenvalue weighted by Crippen LogP contribution is -2.77. The molecule has 0 aromatic heterocycles. The molecule has 0 radical (unpaired) electrons. The highest BCUT2D eigenvalue weighted by Gasteiger charge is 2.52. The number of hydrazine groups is 1. The lowest BCUT2D eigenvalue weighted by molar-refractivity contribution is -0.193. The SMILES string of the molecule is CCCCCCCN1C[C@H]2N(C(=O)CN(CC)N2C(=O)NCc2ccccc2)[C@@H](C(C)CC)C1=O. The lowest BCUT2D eigenvalue weighted by Gasteiger charge is -2.56. The molecule has 8 heteroatoms. The Morgan fingerprint density at radius 2 is 1.77 bits per heavy atom. The minimum atomic E-state index is -0.537. The zero-order valence-corrected chi connectivity index (χ0v) is 21.9. The van der Waals surface area contributed by atoms with Gasteiger partial charge in [-0.3, -0.25) is 9.59 Å². The molecule has 1 aromatic carbocycles. The van der Waals surface area contributed by atoms with Crippen molar-refractivity contribution < 1.29 is 14.4 Å². The number of likely N-dealkylation sites (N-methyl/N-ethyl adjacent to an activating group) is 1. The maximum Gasteiger partial charge on any atom is 0.334 e. The number of hydrogen-bond donors (Lipinski definition) is 1. The third-order valence-electron chi connectivity index (χ3n) is 7.34. The van der Waals surface area contributed by atoms with Crippen LogP contribution in [-0.4, -0.2) is 76.0 Å². The van der Waals surface area contributed by atoms with E-state index in [9.17, 15) is 14.4 Å². The van der Waals surface area contributed by atoms with Crippen LogP contribution >= 0.6 is 0 Å². The number of urea groups is 1. The van der Waals surface area contributed by atoms with Crippen molar-refractivity contribution in [1.29, 1.82) is 0 Å². The molecular formula is C27H43N5O3. The lowest BCUT2D eigenvalue weighted by atomic mass is 9.92. The van der Waals surface area contributed by atoms with E-state index in [1.807, 2.05) is 61.0 Å². The Kier molecular flexibility index (Phi) is 9.95. The summed E-state index contributed by atoms with van der Waals surface area (Å²) in [7, 11) is 0. The fourth-order valence-corrected chi connectivity index (χ4v) is 5.12. The first-order valence-corrected chi connectivity index (χ1v) is 13.4. The first kappa shape index (κ1) is 27.0. The van der Waals surface area contributed by atoms with E-state index in [-0.39, 0.29) is 30.3 Å². The Morgan fingerprint density at radius 1 is 1.06 bits per heavy atom. The summed E-state index contributed by atoms with van der Waals surface area (Å²) < 4.78 is 0. The number of carbonyl (C=O) groups is 3. The predicted molar refractivity (Wildman–Crippen MR) is 137 cm³/mol. The highest BCUT2D eigenvalue weighted by Crippen LogP contribution is 2.31. The molecule has 0 bridgehead atoms. The van der Waals surface area contributed by atoms with Crippen LogP contribution in [0.2, 0.25) is 0 Å². The molecule has 2 heterocycles. The van der Waals surface area contributed by atoms with Crippen LogP contribution in [0.25, 0.3) is 0 Å². The van der Waals surface area contributed by atoms with E-state index in [2.05, 4.69) is 12.2 Å². The van der Waals surface area contributed by atoms with Gasteiger partial charge in [0.25, 0.3) is 0 Å². The van der Waals surface area contributed by atoms with Crippen LogP contribution in [0.3, 0.4) is 0 Å². The van der Waals surface area contributed by atoms with Gasteiger partial charge in [0.2, 0.25) is 11.8 Å². The van der Waals surface area contributed by atoms with Gasteiger partial charge in [0, 0.05) is 19.6 Å². The molecule has 2 aliphatic heterocycles. The Balaban J connectivity index is 1.83. The van der Waals surface area contributed by atoms with Crippen LogP contribution < -0.4 is 5.32 Å². The second kappa shape index (κ2) is 12.9. The standard InChI is InChI=1S/C27H43N5O3/c1-5-8-9-10-14-17-29-19-23-31(25(26(29)34)21(4)6-2)24(33)20-30(7-3)32(23)27(35)28-18-22-15-12-11-13-16-22/h11-13,15-16,21,23,25H,5-10,14,17-20H2,1-4H3,(H,28,35)/t21?,23-,25-/m0/s1. The molecule has 1 N–H and O–H groups in total. The Bertz CT molecular complexity index is 848. The Hall–Kier alpha value is -2.61. The van der Waals surface area contributed by atoms with Gasteiger partial charge in [0.15, 0.2) is 0 Å². The van der Waals surface area contributed by atoms with Crippen molar-refractivity contribution >= 4 is 17.8 Å². The first-order valence-electron chi connectivity index (χ1n) is 13.4. The van der Waals surface area contributed by atoms with Crippen LogP contribution in [-0.2, 0) is 16.1 Å². The predicted octanol–water partition coefficient (Wildman–Crippen LogP) is 3.83. The summed E-state index contributed by atoms with van der Waals surface area (Å²) in [5, 5.41) is 6.54. The molecule has 2 aliphatic rings. The van der Waals surface area contributed by atoms with Gasteiger partial charge in [-0.2, -0.15) is 0 Å². The molecule has 4 amide bonds. The highest BCUT2D eigenvalue weighted by molar-refractivity contribution is 5.91.